The van der Waals surface area contributed by atoms with Crippen molar-refractivity contribution in [2.45, 2.75) is 31.5 Å². The molecule has 3 N–H and O–H groups in total. The van der Waals surface area contributed by atoms with Crippen LogP contribution in [0.1, 0.15) is 25.0 Å². The highest BCUT2D eigenvalue weighted by Gasteiger charge is 2.10. The van der Waals surface area contributed by atoms with Crippen LogP contribution in [0.15, 0.2) is 41.1 Å². The molecule has 2 aromatic rings. The summed E-state index contributed by atoms with van der Waals surface area (Å²) in [5.74, 6) is 0.290. The number of thioether (sulfide) groups is 1. The SMILES string of the molecule is C=CCc1cccc(/C=N/Nc2nc(SCC(=O)OC(C)C)n[nH]2)c1O. The van der Waals surface area contributed by atoms with E-state index in [0.717, 1.165) is 17.3 Å². The van der Waals surface area contributed by atoms with Crippen LogP contribution in [0.3, 0.4) is 0 Å². The zero-order valence-electron chi connectivity index (χ0n) is 14.6. The monoisotopic (exact) mass is 375 g/mol. The number of phenols is 1. The van der Waals surface area contributed by atoms with E-state index in [1.54, 1.807) is 26.0 Å². The molecule has 1 aromatic carbocycles. The van der Waals surface area contributed by atoms with Gasteiger partial charge in [-0.05, 0) is 31.9 Å². The number of hydrazone groups is 1. The smallest absolute Gasteiger partial charge is 0.316 e. The summed E-state index contributed by atoms with van der Waals surface area (Å²) >= 11 is 1.16. The molecule has 0 amide bonds. The zero-order valence-corrected chi connectivity index (χ0v) is 15.4. The molecule has 1 aromatic heterocycles. The molecule has 0 aliphatic carbocycles. The van der Waals surface area contributed by atoms with E-state index in [1.165, 1.54) is 6.21 Å². The van der Waals surface area contributed by atoms with Gasteiger partial charge in [0, 0.05) is 5.56 Å². The average molecular weight is 375 g/mol. The molecule has 0 aliphatic heterocycles. The average Bonchev–Trinajstić information content (AvgIpc) is 3.04. The molecule has 0 aliphatic rings. The van der Waals surface area contributed by atoms with Crippen LogP contribution >= 0.6 is 11.8 Å². The Kier molecular flexibility index (Phi) is 7.22. The van der Waals surface area contributed by atoms with Gasteiger partial charge in [-0.1, -0.05) is 30.0 Å². The third kappa shape index (κ3) is 5.92. The summed E-state index contributed by atoms with van der Waals surface area (Å²) in [5, 5.41) is 21.2. The van der Waals surface area contributed by atoms with Crippen molar-refractivity contribution in [1.29, 1.82) is 0 Å². The Morgan fingerprint density at radius 1 is 1.54 bits per heavy atom. The number of H-pyrrole nitrogens is 1. The minimum absolute atomic E-state index is 0.128. The molecule has 0 fully saturated rings. The Balaban J connectivity index is 1.89. The number of nitrogens with one attached hydrogen (secondary N) is 2. The number of anilines is 1. The number of allylic oxidation sites excluding steroid dienone is 1. The summed E-state index contributed by atoms with van der Waals surface area (Å²) in [4.78, 5) is 15.6. The van der Waals surface area contributed by atoms with Gasteiger partial charge in [0.15, 0.2) is 0 Å². The number of carbonyl (C=O) groups is 1. The highest BCUT2D eigenvalue weighted by atomic mass is 32.2. The maximum atomic E-state index is 11.5. The lowest BCUT2D eigenvalue weighted by atomic mass is 10.1. The van der Waals surface area contributed by atoms with Crippen LogP contribution in [-0.2, 0) is 16.0 Å². The molecule has 0 radical (unpaired) electrons. The first-order valence-corrected chi connectivity index (χ1v) is 8.93. The number of aromatic amines is 1. The van der Waals surface area contributed by atoms with Crippen LogP contribution in [0.2, 0.25) is 0 Å². The Morgan fingerprint density at radius 2 is 2.35 bits per heavy atom. The van der Waals surface area contributed by atoms with Crippen LogP contribution in [0.25, 0.3) is 0 Å². The number of rotatable bonds is 9. The number of hydrogen-bond donors (Lipinski definition) is 3. The molecule has 9 heteroatoms. The van der Waals surface area contributed by atoms with Gasteiger partial charge in [0.25, 0.3) is 0 Å². The third-order valence-electron chi connectivity index (χ3n) is 3.04. The lowest BCUT2D eigenvalue weighted by Gasteiger charge is -2.05. The van der Waals surface area contributed by atoms with Crippen molar-refractivity contribution in [2.75, 3.05) is 11.2 Å². The number of aromatic hydroxyl groups is 1. The van der Waals surface area contributed by atoms with Crippen LogP contribution in [0.5, 0.6) is 5.75 Å². The molecular formula is C17H21N5O3S. The number of para-hydroxylation sites is 1. The number of hydrogen-bond acceptors (Lipinski definition) is 8. The summed E-state index contributed by atoms with van der Waals surface area (Å²) in [6, 6.07) is 5.40. The van der Waals surface area contributed by atoms with Crippen LogP contribution in [-0.4, -0.2) is 44.3 Å². The maximum Gasteiger partial charge on any atom is 0.316 e. The second-order valence-corrected chi connectivity index (χ2v) is 6.45. The molecule has 0 spiro atoms. The van der Waals surface area contributed by atoms with Gasteiger partial charge in [0.05, 0.1) is 18.1 Å². The van der Waals surface area contributed by atoms with Gasteiger partial charge in [-0.15, -0.1) is 11.7 Å². The predicted molar refractivity (Wildman–Crippen MR) is 102 cm³/mol. The fourth-order valence-electron chi connectivity index (χ4n) is 1.98. The van der Waals surface area contributed by atoms with Crippen molar-refractivity contribution < 1.29 is 14.6 Å². The van der Waals surface area contributed by atoms with Crippen molar-refractivity contribution in [3.05, 3.63) is 42.0 Å². The first-order valence-electron chi connectivity index (χ1n) is 7.95. The number of esters is 1. The van der Waals surface area contributed by atoms with Crippen molar-refractivity contribution in [1.82, 2.24) is 15.2 Å². The Hall–Kier alpha value is -2.81. The second-order valence-electron chi connectivity index (χ2n) is 5.51. The third-order valence-corrected chi connectivity index (χ3v) is 3.86. The first-order chi connectivity index (χ1) is 12.5. The van der Waals surface area contributed by atoms with Gasteiger partial charge in [0.1, 0.15) is 5.75 Å². The first kappa shape index (κ1) is 19.5. The van der Waals surface area contributed by atoms with E-state index < -0.39 is 0 Å². The molecule has 0 atom stereocenters. The molecule has 26 heavy (non-hydrogen) atoms. The van der Waals surface area contributed by atoms with Gasteiger partial charge >= 0.3 is 5.97 Å². The zero-order chi connectivity index (χ0) is 18.9. The van der Waals surface area contributed by atoms with Crippen LogP contribution in [0, 0.1) is 0 Å². The number of aromatic nitrogens is 3. The second kappa shape index (κ2) is 9.62. The number of nitrogens with zero attached hydrogens (tertiary/aromatic N) is 3. The van der Waals surface area contributed by atoms with E-state index in [2.05, 4.69) is 32.3 Å². The molecule has 138 valence electrons. The maximum absolute atomic E-state index is 11.5. The van der Waals surface area contributed by atoms with Crippen molar-refractivity contribution in [3.8, 4) is 5.75 Å². The molecule has 1 heterocycles. The van der Waals surface area contributed by atoms with E-state index in [0.29, 0.717) is 23.1 Å². The molecule has 0 bridgehead atoms. The summed E-state index contributed by atoms with van der Waals surface area (Å²) < 4.78 is 5.04. The Bertz CT molecular complexity index is 788. The van der Waals surface area contributed by atoms with Gasteiger partial charge in [0.2, 0.25) is 11.1 Å². The van der Waals surface area contributed by atoms with E-state index in [9.17, 15) is 9.90 Å². The molecule has 0 saturated carbocycles. The fraction of sp³-hybridized carbons (Fsp3) is 0.294. The summed E-state index contributed by atoms with van der Waals surface area (Å²) in [6.07, 6.45) is 3.63. The van der Waals surface area contributed by atoms with E-state index >= 15 is 0 Å². The molecule has 0 saturated heterocycles. The van der Waals surface area contributed by atoms with Crippen molar-refractivity contribution in [3.63, 3.8) is 0 Å². The minimum atomic E-state index is -0.322. The van der Waals surface area contributed by atoms with E-state index in [4.69, 9.17) is 4.74 Å². The molecule has 0 unspecified atom stereocenters. The quantitative estimate of drug-likeness (QED) is 0.203. The standard InChI is InChI=1S/C17H21N5O3S/c1-4-6-12-7-5-8-13(15(12)24)9-18-20-16-19-17(22-21-16)26-10-14(23)25-11(2)3/h4-5,7-9,11,24H,1,6,10H2,2-3H3,(H2,19,20,21,22)/b18-9+. The van der Waals surface area contributed by atoms with Crippen molar-refractivity contribution in [2.24, 2.45) is 5.10 Å². The minimum Gasteiger partial charge on any atom is -0.507 e. The van der Waals surface area contributed by atoms with Gasteiger partial charge in [-0.25, -0.2) is 10.5 Å². The lowest BCUT2D eigenvalue weighted by Crippen LogP contribution is -2.13. The summed E-state index contributed by atoms with van der Waals surface area (Å²) in [7, 11) is 0. The van der Waals surface area contributed by atoms with Crippen LogP contribution in [0.4, 0.5) is 5.95 Å². The summed E-state index contributed by atoms with van der Waals surface area (Å²) in [5.41, 5.74) is 4.04. The Morgan fingerprint density at radius 3 is 3.08 bits per heavy atom. The topological polar surface area (TPSA) is 112 Å². The van der Waals surface area contributed by atoms with E-state index in [1.807, 2.05) is 12.1 Å². The number of phenolic OH excluding ortho intramolecular Hbond substituents is 1. The van der Waals surface area contributed by atoms with Gasteiger partial charge in [-0.2, -0.15) is 10.1 Å². The van der Waals surface area contributed by atoms with Gasteiger partial charge in [-0.3, -0.25) is 4.79 Å². The fourth-order valence-corrected chi connectivity index (χ4v) is 2.56. The van der Waals surface area contributed by atoms with E-state index in [-0.39, 0.29) is 23.6 Å². The molecule has 8 nitrogen and oxygen atoms in total. The van der Waals surface area contributed by atoms with Gasteiger partial charge < -0.3 is 9.84 Å². The predicted octanol–water partition coefficient (Wildman–Crippen LogP) is 2.73. The number of carbonyl (C=O) groups excluding carboxylic acids is 1. The highest BCUT2D eigenvalue weighted by Crippen LogP contribution is 2.21. The molecular weight excluding hydrogens is 354 g/mol. The number of ether oxygens (including phenoxy) is 1. The summed E-state index contributed by atoms with van der Waals surface area (Å²) in [6.45, 7) is 7.25. The number of benzene rings is 1. The normalized spacial score (nSPS) is 11.0. The lowest BCUT2D eigenvalue weighted by molar-refractivity contribution is -0.144. The largest absolute Gasteiger partial charge is 0.507 e. The highest BCUT2D eigenvalue weighted by molar-refractivity contribution is 7.99. The van der Waals surface area contributed by atoms with Crippen LogP contribution < -0.4 is 5.43 Å². The molecule has 2 rings (SSSR count). The van der Waals surface area contributed by atoms with Crippen molar-refractivity contribution >= 4 is 29.9 Å². The Labute approximate surface area is 155 Å².